The lowest BCUT2D eigenvalue weighted by atomic mass is 9.87. The number of hydrogen-bond acceptors (Lipinski definition) is 5. The number of amides is 3. The highest BCUT2D eigenvalue weighted by molar-refractivity contribution is 6.07. The summed E-state index contributed by atoms with van der Waals surface area (Å²) in [5.41, 5.74) is -0.335. The van der Waals surface area contributed by atoms with E-state index in [4.69, 9.17) is 10.00 Å². The molecule has 3 amide bonds. The number of aliphatic hydroxyl groups is 1. The Morgan fingerprint density at radius 3 is 2.45 bits per heavy atom. The molecule has 8 heteroatoms. The summed E-state index contributed by atoms with van der Waals surface area (Å²) in [6.07, 6.45) is -0.835. The molecule has 2 aromatic carbocycles. The van der Waals surface area contributed by atoms with Gasteiger partial charge in [-0.1, -0.05) is 19.1 Å². The normalized spacial score (nSPS) is 19.6. The van der Waals surface area contributed by atoms with Crippen LogP contribution in [0.5, 0.6) is 5.75 Å². The van der Waals surface area contributed by atoms with Gasteiger partial charge < -0.3 is 15.2 Å². The average Bonchev–Trinajstić information content (AvgIpc) is 2.98. The van der Waals surface area contributed by atoms with Crippen molar-refractivity contribution in [3.63, 3.8) is 0 Å². The number of nitriles is 1. The second-order valence-electron chi connectivity index (χ2n) is 6.71. The van der Waals surface area contributed by atoms with Gasteiger partial charge in [-0.15, -0.1) is 0 Å². The summed E-state index contributed by atoms with van der Waals surface area (Å²) in [7, 11) is 0. The fourth-order valence-corrected chi connectivity index (χ4v) is 3.25. The summed E-state index contributed by atoms with van der Waals surface area (Å²) >= 11 is 0. The Morgan fingerprint density at radius 1 is 1.21 bits per heavy atom. The number of urea groups is 1. The number of benzene rings is 2. The molecule has 1 aliphatic heterocycles. The second kappa shape index (κ2) is 8.29. The Balaban J connectivity index is 1.67. The monoisotopic (exact) mass is 397 g/mol. The number of carbonyl (C=O) groups excluding carboxylic acids is 2. The molecule has 2 unspecified atom stereocenters. The number of β-amino-alcohol motifs (C(OH)–C–C–N with tert-alkyl or cyclic N) is 1. The van der Waals surface area contributed by atoms with Crippen molar-refractivity contribution in [1.82, 2.24) is 10.2 Å². The summed E-state index contributed by atoms with van der Waals surface area (Å²) < 4.78 is 18.7. The predicted molar refractivity (Wildman–Crippen MR) is 101 cm³/mol. The molecule has 3 rings (SSSR count). The summed E-state index contributed by atoms with van der Waals surface area (Å²) in [5, 5.41) is 21.7. The van der Waals surface area contributed by atoms with Crippen molar-refractivity contribution >= 4 is 11.9 Å². The fraction of sp³-hybridized carbons (Fsp3) is 0.286. The molecule has 7 nitrogen and oxygen atoms in total. The molecule has 29 heavy (non-hydrogen) atoms. The van der Waals surface area contributed by atoms with E-state index < -0.39 is 29.4 Å². The molecule has 2 N–H and O–H groups in total. The number of carbonyl (C=O) groups is 2. The highest BCUT2D eigenvalue weighted by atomic mass is 19.1. The first-order valence-corrected chi connectivity index (χ1v) is 9.11. The van der Waals surface area contributed by atoms with Gasteiger partial charge in [0, 0.05) is 0 Å². The molecule has 0 saturated carbocycles. The van der Waals surface area contributed by atoms with Crippen molar-refractivity contribution in [2.45, 2.75) is 25.0 Å². The molecule has 0 radical (unpaired) electrons. The lowest BCUT2D eigenvalue weighted by Crippen LogP contribution is -2.44. The fourth-order valence-electron chi connectivity index (χ4n) is 3.25. The molecule has 2 atom stereocenters. The highest BCUT2D eigenvalue weighted by Crippen LogP contribution is 2.32. The van der Waals surface area contributed by atoms with E-state index in [1.165, 1.54) is 24.3 Å². The van der Waals surface area contributed by atoms with E-state index in [1.54, 1.807) is 31.2 Å². The van der Waals surface area contributed by atoms with Crippen molar-refractivity contribution < 1.29 is 23.8 Å². The van der Waals surface area contributed by atoms with Crippen LogP contribution in [0.25, 0.3) is 0 Å². The third-order valence-electron chi connectivity index (χ3n) is 4.86. The molecule has 0 aliphatic carbocycles. The first kappa shape index (κ1) is 20.3. The molecule has 150 valence electrons. The number of nitrogens with one attached hydrogen (secondary N) is 1. The van der Waals surface area contributed by atoms with E-state index in [2.05, 4.69) is 5.32 Å². The van der Waals surface area contributed by atoms with Gasteiger partial charge in [-0.05, 0) is 48.4 Å². The molecule has 1 heterocycles. The van der Waals surface area contributed by atoms with Crippen LogP contribution in [0.1, 0.15) is 24.5 Å². The molecule has 0 spiro atoms. The zero-order valence-corrected chi connectivity index (χ0v) is 15.8. The van der Waals surface area contributed by atoms with E-state index >= 15 is 0 Å². The number of nitrogens with zero attached hydrogens (tertiary/aromatic N) is 2. The van der Waals surface area contributed by atoms with Crippen LogP contribution < -0.4 is 10.1 Å². The maximum Gasteiger partial charge on any atom is 0.325 e. The Labute approximate surface area is 167 Å². The Bertz CT molecular complexity index is 940. The largest absolute Gasteiger partial charge is 0.491 e. The number of rotatable bonds is 7. The lowest BCUT2D eigenvalue weighted by molar-refractivity contribution is -0.132. The molecular formula is C21H20FN3O4. The summed E-state index contributed by atoms with van der Waals surface area (Å²) in [6.45, 7) is 1.36. The minimum atomic E-state index is -1.29. The van der Waals surface area contributed by atoms with E-state index in [1.807, 2.05) is 6.07 Å². The van der Waals surface area contributed by atoms with Gasteiger partial charge in [0.15, 0.2) is 0 Å². The topological polar surface area (TPSA) is 103 Å². The number of hydrogen-bond donors (Lipinski definition) is 2. The quantitative estimate of drug-likeness (QED) is 0.698. The zero-order valence-electron chi connectivity index (χ0n) is 15.8. The van der Waals surface area contributed by atoms with Crippen molar-refractivity contribution in [3.05, 3.63) is 65.5 Å². The maximum absolute atomic E-state index is 13.2. The molecule has 2 aromatic rings. The van der Waals surface area contributed by atoms with E-state index in [0.717, 1.165) is 4.90 Å². The SMILES string of the molecule is CCC1(c2ccc(F)cc2)NC(=O)N(CC(O)COc2ccc(C#N)cc2)C1=O. The van der Waals surface area contributed by atoms with Crippen LogP contribution in [0.4, 0.5) is 9.18 Å². The Kier molecular flexibility index (Phi) is 5.80. The van der Waals surface area contributed by atoms with Gasteiger partial charge in [-0.25, -0.2) is 9.18 Å². The highest BCUT2D eigenvalue weighted by Gasteiger charge is 2.51. The summed E-state index contributed by atoms with van der Waals surface area (Å²) in [6, 6.07) is 13.1. The average molecular weight is 397 g/mol. The summed E-state index contributed by atoms with van der Waals surface area (Å²) in [4.78, 5) is 26.4. The Morgan fingerprint density at radius 2 is 1.86 bits per heavy atom. The zero-order chi connectivity index (χ0) is 21.0. The van der Waals surface area contributed by atoms with Crippen LogP contribution in [-0.4, -0.2) is 41.2 Å². The standard InChI is InChI=1S/C21H20FN3O4/c1-2-21(15-5-7-16(22)8-6-15)19(27)25(20(28)24-21)12-17(26)13-29-18-9-3-14(11-23)4-10-18/h3-10,17,26H,2,12-13H2,1H3,(H,24,28). The number of ether oxygens (including phenoxy) is 1. The van der Waals surface area contributed by atoms with Crippen LogP contribution in [0.3, 0.4) is 0 Å². The van der Waals surface area contributed by atoms with Gasteiger partial charge in [0.1, 0.15) is 29.8 Å². The van der Waals surface area contributed by atoms with Crippen LogP contribution in [0.15, 0.2) is 48.5 Å². The van der Waals surface area contributed by atoms with Crippen molar-refractivity contribution in [2.24, 2.45) is 0 Å². The van der Waals surface area contributed by atoms with Crippen LogP contribution in [-0.2, 0) is 10.3 Å². The minimum absolute atomic E-state index is 0.140. The van der Waals surface area contributed by atoms with E-state index in [0.29, 0.717) is 16.9 Å². The van der Waals surface area contributed by atoms with Gasteiger partial charge in [-0.3, -0.25) is 9.69 Å². The predicted octanol–water partition coefficient (Wildman–Crippen LogP) is 2.29. The number of halogens is 1. The second-order valence-corrected chi connectivity index (χ2v) is 6.71. The number of imide groups is 1. The van der Waals surface area contributed by atoms with Crippen LogP contribution in [0, 0.1) is 17.1 Å². The Hall–Kier alpha value is -3.44. The van der Waals surface area contributed by atoms with Crippen LogP contribution in [0.2, 0.25) is 0 Å². The summed E-state index contributed by atoms with van der Waals surface area (Å²) in [5.74, 6) is -0.493. The van der Waals surface area contributed by atoms with Gasteiger partial charge in [0.05, 0.1) is 18.2 Å². The van der Waals surface area contributed by atoms with Gasteiger partial charge >= 0.3 is 6.03 Å². The first-order chi connectivity index (χ1) is 13.9. The molecule has 0 bridgehead atoms. The molecule has 1 saturated heterocycles. The smallest absolute Gasteiger partial charge is 0.325 e. The molecule has 0 aromatic heterocycles. The van der Waals surface area contributed by atoms with Crippen molar-refractivity contribution in [2.75, 3.05) is 13.2 Å². The van der Waals surface area contributed by atoms with Crippen LogP contribution >= 0.6 is 0 Å². The van der Waals surface area contributed by atoms with Crippen molar-refractivity contribution in [3.8, 4) is 11.8 Å². The van der Waals surface area contributed by atoms with Crippen molar-refractivity contribution in [1.29, 1.82) is 5.26 Å². The van der Waals surface area contributed by atoms with E-state index in [-0.39, 0.29) is 19.6 Å². The molecular weight excluding hydrogens is 377 g/mol. The molecule has 1 aliphatic rings. The third kappa shape index (κ3) is 4.05. The maximum atomic E-state index is 13.2. The number of aliphatic hydroxyl groups excluding tert-OH is 1. The molecule has 1 fully saturated rings. The van der Waals surface area contributed by atoms with Gasteiger partial charge in [-0.2, -0.15) is 5.26 Å². The minimum Gasteiger partial charge on any atom is -0.491 e. The first-order valence-electron chi connectivity index (χ1n) is 9.11. The third-order valence-corrected chi connectivity index (χ3v) is 4.86. The van der Waals surface area contributed by atoms with Gasteiger partial charge in [0.2, 0.25) is 0 Å². The lowest BCUT2D eigenvalue weighted by Gasteiger charge is -2.26. The van der Waals surface area contributed by atoms with E-state index in [9.17, 15) is 19.1 Å². The van der Waals surface area contributed by atoms with Gasteiger partial charge in [0.25, 0.3) is 5.91 Å².